The molecular weight excluding hydrogens is 236 g/mol. The van der Waals surface area contributed by atoms with E-state index in [0.717, 1.165) is 18.3 Å². The van der Waals surface area contributed by atoms with Crippen LogP contribution in [-0.4, -0.2) is 49.1 Å². The summed E-state index contributed by atoms with van der Waals surface area (Å²) in [6.07, 6.45) is 1.25. The number of methoxy groups -OCH3 is 1. The molecule has 1 atom stereocenters. The molecule has 1 saturated heterocycles. The maximum Gasteiger partial charge on any atom is 0.119 e. The van der Waals surface area contributed by atoms with Crippen LogP contribution in [0.3, 0.4) is 0 Å². The van der Waals surface area contributed by atoms with E-state index in [-0.39, 0.29) is 0 Å². The van der Waals surface area contributed by atoms with E-state index in [1.807, 2.05) is 6.07 Å². The highest BCUT2D eigenvalue weighted by molar-refractivity contribution is 5.28. The minimum atomic E-state index is 0.721. The molecule has 0 aromatic heterocycles. The van der Waals surface area contributed by atoms with Gasteiger partial charge in [-0.05, 0) is 31.0 Å². The summed E-state index contributed by atoms with van der Waals surface area (Å²) in [6.45, 7) is 10.4. The van der Waals surface area contributed by atoms with Gasteiger partial charge >= 0.3 is 0 Å². The molecular formula is C16H26N2O. The van der Waals surface area contributed by atoms with Gasteiger partial charge in [0, 0.05) is 38.8 Å². The molecule has 0 aliphatic carbocycles. The van der Waals surface area contributed by atoms with Crippen LogP contribution in [0.5, 0.6) is 5.75 Å². The summed E-state index contributed by atoms with van der Waals surface area (Å²) >= 11 is 0. The molecule has 0 bridgehead atoms. The molecule has 0 saturated carbocycles. The number of nitrogens with zero attached hydrogens (tertiary/aromatic N) is 2. The number of benzene rings is 1. The van der Waals surface area contributed by atoms with Crippen molar-refractivity contribution in [2.45, 2.75) is 32.9 Å². The van der Waals surface area contributed by atoms with Gasteiger partial charge in [-0.1, -0.05) is 19.1 Å². The molecule has 0 unspecified atom stereocenters. The Balaban J connectivity index is 1.85. The van der Waals surface area contributed by atoms with Crippen LogP contribution < -0.4 is 4.74 Å². The fourth-order valence-corrected chi connectivity index (χ4v) is 2.65. The summed E-state index contributed by atoms with van der Waals surface area (Å²) < 4.78 is 5.28. The van der Waals surface area contributed by atoms with Crippen molar-refractivity contribution in [2.75, 3.05) is 33.3 Å². The summed E-state index contributed by atoms with van der Waals surface area (Å²) in [7, 11) is 1.73. The third kappa shape index (κ3) is 3.95. The van der Waals surface area contributed by atoms with Gasteiger partial charge in [0.25, 0.3) is 0 Å². The van der Waals surface area contributed by atoms with E-state index in [4.69, 9.17) is 4.74 Å². The van der Waals surface area contributed by atoms with Crippen molar-refractivity contribution in [3.63, 3.8) is 0 Å². The second-order valence-corrected chi connectivity index (χ2v) is 5.42. The van der Waals surface area contributed by atoms with Gasteiger partial charge < -0.3 is 4.74 Å². The zero-order valence-electron chi connectivity index (χ0n) is 12.4. The minimum absolute atomic E-state index is 0.721. The van der Waals surface area contributed by atoms with Gasteiger partial charge in [-0.15, -0.1) is 0 Å². The Bertz CT molecular complexity index is 386. The molecule has 1 heterocycles. The second-order valence-electron chi connectivity index (χ2n) is 5.42. The van der Waals surface area contributed by atoms with E-state index in [1.165, 1.54) is 38.2 Å². The van der Waals surface area contributed by atoms with Gasteiger partial charge in [0.1, 0.15) is 5.75 Å². The predicted octanol–water partition coefficient (Wildman–Crippen LogP) is 2.61. The monoisotopic (exact) mass is 262 g/mol. The standard InChI is InChI=1S/C16H26N2O/c1-4-14(2)18-10-8-17(9-11-18)13-15-6-5-7-16(12-15)19-3/h5-7,12,14H,4,8-11,13H2,1-3H3/t14-/m0/s1. The molecule has 1 aromatic carbocycles. The average molecular weight is 262 g/mol. The van der Waals surface area contributed by atoms with Crippen LogP contribution in [0.25, 0.3) is 0 Å². The summed E-state index contributed by atoms with van der Waals surface area (Å²) in [5.41, 5.74) is 1.34. The molecule has 106 valence electrons. The van der Waals surface area contributed by atoms with Crippen LogP contribution in [-0.2, 0) is 6.54 Å². The molecule has 0 amide bonds. The van der Waals surface area contributed by atoms with Crippen molar-refractivity contribution in [2.24, 2.45) is 0 Å². The number of piperazine rings is 1. The van der Waals surface area contributed by atoms with Gasteiger partial charge in [0.2, 0.25) is 0 Å². The molecule has 1 fully saturated rings. The predicted molar refractivity (Wildman–Crippen MR) is 79.6 cm³/mol. The van der Waals surface area contributed by atoms with Crippen molar-refractivity contribution in [3.8, 4) is 5.75 Å². The van der Waals surface area contributed by atoms with Crippen molar-refractivity contribution < 1.29 is 4.74 Å². The fraction of sp³-hybridized carbons (Fsp3) is 0.625. The van der Waals surface area contributed by atoms with Gasteiger partial charge in [-0.2, -0.15) is 0 Å². The van der Waals surface area contributed by atoms with E-state index in [1.54, 1.807) is 7.11 Å². The highest BCUT2D eigenvalue weighted by Gasteiger charge is 2.19. The Morgan fingerprint density at radius 1 is 1.21 bits per heavy atom. The molecule has 0 spiro atoms. The summed E-state index contributed by atoms with van der Waals surface area (Å²) in [5, 5.41) is 0. The first-order valence-electron chi connectivity index (χ1n) is 7.32. The number of hydrogen-bond donors (Lipinski definition) is 0. The fourth-order valence-electron chi connectivity index (χ4n) is 2.65. The van der Waals surface area contributed by atoms with E-state index >= 15 is 0 Å². The largest absolute Gasteiger partial charge is 0.497 e. The van der Waals surface area contributed by atoms with E-state index in [9.17, 15) is 0 Å². The number of hydrogen-bond acceptors (Lipinski definition) is 3. The average Bonchev–Trinajstić information content (AvgIpc) is 2.47. The molecule has 1 aromatic rings. The van der Waals surface area contributed by atoms with Crippen LogP contribution >= 0.6 is 0 Å². The van der Waals surface area contributed by atoms with Gasteiger partial charge in [0.15, 0.2) is 0 Å². The normalized spacial score (nSPS) is 19.3. The maximum absolute atomic E-state index is 5.28. The summed E-state index contributed by atoms with van der Waals surface area (Å²) in [4.78, 5) is 5.13. The van der Waals surface area contributed by atoms with Crippen LogP contribution in [0.4, 0.5) is 0 Å². The van der Waals surface area contributed by atoms with Gasteiger partial charge in [0.05, 0.1) is 7.11 Å². The Hall–Kier alpha value is -1.06. The van der Waals surface area contributed by atoms with Crippen LogP contribution in [0.15, 0.2) is 24.3 Å². The lowest BCUT2D eigenvalue weighted by Crippen LogP contribution is -2.48. The van der Waals surface area contributed by atoms with Gasteiger partial charge in [-0.25, -0.2) is 0 Å². The van der Waals surface area contributed by atoms with E-state index in [0.29, 0.717) is 0 Å². The zero-order chi connectivity index (χ0) is 13.7. The van der Waals surface area contributed by atoms with E-state index in [2.05, 4.69) is 41.8 Å². The van der Waals surface area contributed by atoms with Crippen LogP contribution in [0.1, 0.15) is 25.8 Å². The first kappa shape index (κ1) is 14.4. The highest BCUT2D eigenvalue weighted by Crippen LogP contribution is 2.16. The summed E-state index contributed by atoms with van der Waals surface area (Å²) in [5.74, 6) is 0.954. The van der Waals surface area contributed by atoms with Crippen molar-refractivity contribution in [1.82, 2.24) is 9.80 Å². The molecule has 19 heavy (non-hydrogen) atoms. The number of rotatable bonds is 5. The molecule has 3 heteroatoms. The van der Waals surface area contributed by atoms with Crippen molar-refractivity contribution in [1.29, 1.82) is 0 Å². The Morgan fingerprint density at radius 3 is 2.58 bits per heavy atom. The molecule has 2 rings (SSSR count). The first-order valence-corrected chi connectivity index (χ1v) is 7.32. The highest BCUT2D eigenvalue weighted by atomic mass is 16.5. The summed E-state index contributed by atoms with van der Waals surface area (Å²) in [6, 6.07) is 9.12. The lowest BCUT2D eigenvalue weighted by Gasteiger charge is -2.37. The quantitative estimate of drug-likeness (QED) is 0.811. The Labute approximate surface area is 117 Å². The van der Waals surface area contributed by atoms with Crippen molar-refractivity contribution >= 4 is 0 Å². The smallest absolute Gasteiger partial charge is 0.119 e. The van der Waals surface area contributed by atoms with Crippen LogP contribution in [0, 0.1) is 0 Å². The molecule has 0 radical (unpaired) electrons. The topological polar surface area (TPSA) is 15.7 Å². The van der Waals surface area contributed by atoms with Crippen molar-refractivity contribution in [3.05, 3.63) is 29.8 Å². The Morgan fingerprint density at radius 2 is 1.95 bits per heavy atom. The second kappa shape index (κ2) is 6.92. The molecule has 3 nitrogen and oxygen atoms in total. The zero-order valence-corrected chi connectivity index (χ0v) is 12.4. The molecule has 1 aliphatic heterocycles. The Kier molecular flexibility index (Phi) is 5.23. The minimum Gasteiger partial charge on any atom is -0.497 e. The molecule has 0 N–H and O–H groups in total. The van der Waals surface area contributed by atoms with E-state index < -0.39 is 0 Å². The van der Waals surface area contributed by atoms with Gasteiger partial charge in [-0.3, -0.25) is 9.80 Å². The van der Waals surface area contributed by atoms with Crippen LogP contribution in [0.2, 0.25) is 0 Å². The first-order chi connectivity index (χ1) is 9.22. The lowest BCUT2D eigenvalue weighted by atomic mass is 10.1. The molecule has 1 aliphatic rings. The maximum atomic E-state index is 5.28. The third-order valence-electron chi connectivity index (χ3n) is 4.16. The lowest BCUT2D eigenvalue weighted by molar-refractivity contribution is 0.0963. The number of ether oxygens (including phenoxy) is 1. The SMILES string of the molecule is CC[C@H](C)N1CCN(Cc2cccc(OC)c2)CC1. The third-order valence-corrected chi connectivity index (χ3v) is 4.16.